The molecule has 2 aromatic carbocycles. The Bertz CT molecular complexity index is 669. The van der Waals surface area contributed by atoms with Crippen LogP contribution in [0.1, 0.15) is 61.8 Å². The Kier molecular flexibility index (Phi) is 5.03. The highest BCUT2D eigenvalue weighted by Crippen LogP contribution is 2.41. The molecule has 2 heteroatoms. The molecule has 1 N–H and O–H groups in total. The predicted octanol–water partition coefficient (Wildman–Crippen LogP) is 5.07. The lowest BCUT2D eigenvalue weighted by Gasteiger charge is -2.31. The molecule has 0 unspecified atom stereocenters. The Morgan fingerprint density at radius 2 is 1.67 bits per heavy atom. The first-order valence-corrected chi connectivity index (χ1v) is 9.09. The van der Waals surface area contributed by atoms with E-state index in [-0.39, 0.29) is 17.4 Å². The quantitative estimate of drug-likeness (QED) is 0.818. The van der Waals surface area contributed by atoms with Gasteiger partial charge in [-0.1, -0.05) is 79.9 Å². The maximum Gasteiger partial charge on any atom is 0.231 e. The van der Waals surface area contributed by atoms with E-state index >= 15 is 0 Å². The lowest BCUT2D eigenvalue weighted by Crippen LogP contribution is -2.44. The van der Waals surface area contributed by atoms with Crippen LogP contribution < -0.4 is 5.32 Å². The first-order valence-electron chi connectivity index (χ1n) is 9.09. The summed E-state index contributed by atoms with van der Waals surface area (Å²) in [6, 6.07) is 18.9. The van der Waals surface area contributed by atoms with Crippen molar-refractivity contribution in [2.45, 2.75) is 57.4 Å². The molecule has 0 saturated heterocycles. The van der Waals surface area contributed by atoms with Crippen LogP contribution in [-0.4, -0.2) is 5.91 Å². The number of aryl methyl sites for hydroxylation is 1. The van der Waals surface area contributed by atoms with E-state index in [1.54, 1.807) is 0 Å². The van der Waals surface area contributed by atoms with Crippen LogP contribution in [0.25, 0.3) is 0 Å². The highest BCUT2D eigenvalue weighted by molar-refractivity contribution is 5.89. The van der Waals surface area contributed by atoms with Gasteiger partial charge in [0.05, 0.1) is 11.5 Å². The summed E-state index contributed by atoms with van der Waals surface area (Å²) < 4.78 is 0. The molecular formula is C22H27NO. The number of benzene rings is 2. The maximum atomic E-state index is 13.3. The summed E-state index contributed by atoms with van der Waals surface area (Å²) in [5.74, 6) is 0.193. The van der Waals surface area contributed by atoms with Gasteiger partial charge in [-0.25, -0.2) is 0 Å². The second-order valence-corrected chi connectivity index (χ2v) is 7.00. The zero-order chi connectivity index (χ0) is 17.0. The molecule has 24 heavy (non-hydrogen) atoms. The van der Waals surface area contributed by atoms with Crippen LogP contribution in [0.5, 0.6) is 0 Å². The SMILES string of the molecule is CC[C@H](NC(=O)C1(c2ccccc2)CCCC1)c1ccc(C)cc1. The monoisotopic (exact) mass is 321 g/mol. The fourth-order valence-electron chi connectivity index (χ4n) is 3.90. The number of carbonyl (C=O) groups excluding carboxylic acids is 1. The van der Waals surface area contributed by atoms with Gasteiger partial charge in [0.1, 0.15) is 0 Å². The van der Waals surface area contributed by atoms with Crippen molar-refractivity contribution in [3.63, 3.8) is 0 Å². The summed E-state index contributed by atoms with van der Waals surface area (Å²) >= 11 is 0. The fourth-order valence-corrected chi connectivity index (χ4v) is 3.90. The summed E-state index contributed by atoms with van der Waals surface area (Å²) in [5, 5.41) is 3.34. The highest BCUT2D eigenvalue weighted by atomic mass is 16.2. The maximum absolute atomic E-state index is 13.3. The average molecular weight is 321 g/mol. The minimum Gasteiger partial charge on any atom is -0.349 e. The molecule has 1 aliphatic rings. The molecule has 1 amide bonds. The topological polar surface area (TPSA) is 29.1 Å². The molecule has 0 radical (unpaired) electrons. The first-order chi connectivity index (χ1) is 11.7. The van der Waals surface area contributed by atoms with Crippen LogP contribution in [-0.2, 0) is 10.2 Å². The number of carbonyl (C=O) groups is 1. The van der Waals surface area contributed by atoms with Crippen LogP contribution >= 0.6 is 0 Å². The first kappa shape index (κ1) is 16.8. The molecule has 0 aromatic heterocycles. The lowest BCUT2D eigenvalue weighted by molar-refractivity contribution is -0.127. The van der Waals surface area contributed by atoms with Crippen LogP contribution in [0.3, 0.4) is 0 Å². The molecule has 3 rings (SSSR count). The Morgan fingerprint density at radius 3 is 2.25 bits per heavy atom. The van der Waals surface area contributed by atoms with Crippen LogP contribution in [0, 0.1) is 6.92 Å². The number of amides is 1. The third-order valence-electron chi connectivity index (χ3n) is 5.41. The van der Waals surface area contributed by atoms with Crippen LogP contribution in [0.4, 0.5) is 0 Å². The van der Waals surface area contributed by atoms with Crippen molar-refractivity contribution in [1.29, 1.82) is 0 Å². The molecule has 0 spiro atoms. The van der Waals surface area contributed by atoms with Crippen molar-refractivity contribution >= 4 is 5.91 Å². The smallest absolute Gasteiger partial charge is 0.231 e. The van der Waals surface area contributed by atoms with E-state index in [1.165, 1.54) is 16.7 Å². The summed E-state index contributed by atoms with van der Waals surface area (Å²) in [7, 11) is 0. The Morgan fingerprint density at radius 1 is 1.04 bits per heavy atom. The number of rotatable bonds is 5. The van der Waals surface area contributed by atoms with Gasteiger partial charge < -0.3 is 5.32 Å². The molecule has 1 aliphatic carbocycles. The van der Waals surface area contributed by atoms with Crippen molar-refractivity contribution in [3.8, 4) is 0 Å². The molecule has 1 saturated carbocycles. The molecule has 2 nitrogen and oxygen atoms in total. The van der Waals surface area contributed by atoms with Gasteiger partial charge in [0.25, 0.3) is 0 Å². The predicted molar refractivity (Wildman–Crippen MR) is 98.9 cm³/mol. The zero-order valence-electron chi connectivity index (χ0n) is 14.7. The second-order valence-electron chi connectivity index (χ2n) is 7.00. The van der Waals surface area contributed by atoms with Gasteiger partial charge in [-0.3, -0.25) is 4.79 Å². The van der Waals surface area contributed by atoms with E-state index in [4.69, 9.17) is 0 Å². The van der Waals surface area contributed by atoms with E-state index < -0.39 is 0 Å². The minimum atomic E-state index is -0.348. The molecule has 1 fully saturated rings. The van der Waals surface area contributed by atoms with Crippen molar-refractivity contribution in [2.75, 3.05) is 0 Å². The average Bonchev–Trinajstić information content (AvgIpc) is 3.12. The normalized spacial score (nSPS) is 17.4. The molecule has 0 bridgehead atoms. The van der Waals surface area contributed by atoms with Gasteiger partial charge in [-0.05, 0) is 37.3 Å². The van der Waals surface area contributed by atoms with E-state index in [2.05, 4.69) is 55.6 Å². The Balaban J connectivity index is 1.84. The van der Waals surface area contributed by atoms with Gasteiger partial charge >= 0.3 is 0 Å². The second kappa shape index (κ2) is 7.21. The third kappa shape index (κ3) is 3.24. The largest absolute Gasteiger partial charge is 0.349 e. The highest BCUT2D eigenvalue weighted by Gasteiger charge is 2.43. The van der Waals surface area contributed by atoms with Crippen molar-refractivity contribution < 1.29 is 4.79 Å². The zero-order valence-corrected chi connectivity index (χ0v) is 14.7. The van der Waals surface area contributed by atoms with Crippen molar-refractivity contribution in [2.24, 2.45) is 0 Å². The standard InChI is InChI=1S/C22H27NO/c1-3-20(18-13-11-17(2)12-14-18)23-21(24)22(15-7-8-16-22)19-9-5-4-6-10-19/h4-6,9-14,20H,3,7-8,15-16H2,1-2H3,(H,23,24)/t20-/m0/s1. The number of nitrogens with one attached hydrogen (secondary N) is 1. The van der Waals surface area contributed by atoms with E-state index in [0.717, 1.165) is 32.1 Å². The number of hydrogen-bond acceptors (Lipinski definition) is 1. The molecule has 1 atom stereocenters. The van der Waals surface area contributed by atoms with Gasteiger partial charge in [-0.2, -0.15) is 0 Å². The van der Waals surface area contributed by atoms with Crippen LogP contribution in [0.2, 0.25) is 0 Å². The van der Waals surface area contributed by atoms with Crippen molar-refractivity contribution in [3.05, 3.63) is 71.3 Å². The van der Waals surface area contributed by atoms with Gasteiger partial charge in [-0.15, -0.1) is 0 Å². The lowest BCUT2D eigenvalue weighted by atomic mass is 9.77. The number of hydrogen-bond donors (Lipinski definition) is 1. The third-order valence-corrected chi connectivity index (χ3v) is 5.41. The van der Waals surface area contributed by atoms with E-state index in [9.17, 15) is 4.79 Å². The summed E-state index contributed by atoms with van der Waals surface area (Å²) in [6.07, 6.45) is 5.06. The molecule has 126 valence electrons. The molecular weight excluding hydrogens is 294 g/mol. The van der Waals surface area contributed by atoms with Gasteiger partial charge in [0, 0.05) is 0 Å². The van der Waals surface area contributed by atoms with E-state index in [1.807, 2.05) is 18.2 Å². The van der Waals surface area contributed by atoms with Crippen molar-refractivity contribution in [1.82, 2.24) is 5.32 Å². The molecule has 0 heterocycles. The summed E-state index contributed by atoms with van der Waals surface area (Å²) in [5.41, 5.74) is 3.26. The summed E-state index contributed by atoms with van der Waals surface area (Å²) in [6.45, 7) is 4.22. The fraction of sp³-hybridized carbons (Fsp3) is 0.409. The molecule has 0 aliphatic heterocycles. The summed E-state index contributed by atoms with van der Waals surface area (Å²) in [4.78, 5) is 13.3. The van der Waals surface area contributed by atoms with Crippen LogP contribution in [0.15, 0.2) is 54.6 Å². The minimum absolute atomic E-state index is 0.0827. The van der Waals surface area contributed by atoms with Gasteiger partial charge in [0.2, 0.25) is 5.91 Å². The van der Waals surface area contributed by atoms with Gasteiger partial charge in [0.15, 0.2) is 0 Å². The van der Waals surface area contributed by atoms with E-state index in [0.29, 0.717) is 0 Å². The Hall–Kier alpha value is -2.09. The molecule has 2 aromatic rings. The Labute approximate surface area is 145 Å².